The number of aromatic amines is 1. The van der Waals surface area contributed by atoms with Crippen LogP contribution in [0.4, 0.5) is 0 Å². The predicted octanol–water partition coefficient (Wildman–Crippen LogP) is 0.580. The summed E-state index contributed by atoms with van der Waals surface area (Å²) < 4.78 is 31.6. The van der Waals surface area contributed by atoms with Crippen molar-refractivity contribution >= 4 is 10.0 Å². The van der Waals surface area contributed by atoms with Crippen LogP contribution in [0, 0.1) is 0 Å². The van der Waals surface area contributed by atoms with Crippen molar-refractivity contribution in [2.45, 2.75) is 43.4 Å². The summed E-state index contributed by atoms with van der Waals surface area (Å²) in [6.45, 7) is 2.75. The molecule has 19 heavy (non-hydrogen) atoms. The van der Waals surface area contributed by atoms with Gasteiger partial charge in [0.25, 0.3) is 0 Å². The third kappa shape index (κ3) is 4.31. The molecule has 0 spiro atoms. The van der Waals surface area contributed by atoms with Crippen molar-refractivity contribution < 1.29 is 13.2 Å². The Kier molecular flexibility index (Phi) is 4.62. The first-order valence-electron chi connectivity index (χ1n) is 6.44. The van der Waals surface area contributed by atoms with E-state index in [1.54, 1.807) is 13.2 Å². The number of hydrogen-bond donors (Lipinski definition) is 3. The van der Waals surface area contributed by atoms with Crippen LogP contribution in [0.2, 0.25) is 0 Å². The summed E-state index contributed by atoms with van der Waals surface area (Å²) in [6.07, 6.45) is 3.79. The Hall–Kier alpha value is -0.890. The van der Waals surface area contributed by atoms with Crippen molar-refractivity contribution in [3.05, 3.63) is 18.0 Å². The lowest BCUT2D eigenvalue weighted by Crippen LogP contribution is -2.31. The summed E-state index contributed by atoms with van der Waals surface area (Å²) in [5, 5.41) is 3.33. The van der Waals surface area contributed by atoms with E-state index in [1.807, 2.05) is 6.92 Å². The lowest BCUT2D eigenvalue weighted by Gasteiger charge is -2.10. The molecule has 1 heterocycles. The topological polar surface area (TPSA) is 83.2 Å². The van der Waals surface area contributed by atoms with Gasteiger partial charge in [0, 0.05) is 38.1 Å². The van der Waals surface area contributed by atoms with Crippen molar-refractivity contribution in [1.82, 2.24) is 15.0 Å². The Balaban J connectivity index is 1.91. The number of H-pyrrole nitrogens is 1. The summed E-state index contributed by atoms with van der Waals surface area (Å²) in [5.74, 6) is 0. The fourth-order valence-electron chi connectivity index (χ4n) is 1.61. The molecule has 1 fully saturated rings. The zero-order chi connectivity index (χ0) is 13.9. The van der Waals surface area contributed by atoms with Crippen LogP contribution >= 0.6 is 0 Å². The maximum absolute atomic E-state index is 12.0. The van der Waals surface area contributed by atoms with Gasteiger partial charge in [-0.1, -0.05) is 0 Å². The second kappa shape index (κ2) is 6.04. The molecule has 7 heteroatoms. The SMILES string of the molecule is COC(C)CNS(=O)(=O)c1c[nH]c(CNC2CC2)c1. The van der Waals surface area contributed by atoms with Gasteiger partial charge in [-0.05, 0) is 25.8 Å². The predicted molar refractivity (Wildman–Crippen MR) is 72.3 cm³/mol. The molecule has 1 aromatic heterocycles. The highest BCUT2D eigenvalue weighted by atomic mass is 32.2. The van der Waals surface area contributed by atoms with Gasteiger partial charge in [0.1, 0.15) is 0 Å². The fourth-order valence-corrected chi connectivity index (χ4v) is 2.74. The van der Waals surface area contributed by atoms with E-state index in [0.717, 1.165) is 5.69 Å². The van der Waals surface area contributed by atoms with Crippen molar-refractivity contribution in [1.29, 1.82) is 0 Å². The van der Waals surface area contributed by atoms with Crippen molar-refractivity contribution in [3.63, 3.8) is 0 Å². The van der Waals surface area contributed by atoms with Crippen LogP contribution in [0.5, 0.6) is 0 Å². The van der Waals surface area contributed by atoms with Gasteiger partial charge in [-0.25, -0.2) is 13.1 Å². The van der Waals surface area contributed by atoms with E-state index < -0.39 is 10.0 Å². The normalized spacial score (nSPS) is 17.6. The number of sulfonamides is 1. The first-order valence-corrected chi connectivity index (χ1v) is 7.92. The van der Waals surface area contributed by atoms with E-state index in [-0.39, 0.29) is 17.5 Å². The second-order valence-electron chi connectivity index (χ2n) is 4.91. The van der Waals surface area contributed by atoms with Crippen molar-refractivity contribution in [2.24, 2.45) is 0 Å². The quantitative estimate of drug-likeness (QED) is 0.653. The van der Waals surface area contributed by atoms with Crippen LogP contribution in [0.15, 0.2) is 17.2 Å². The van der Waals surface area contributed by atoms with Crippen LogP contribution in [-0.2, 0) is 21.3 Å². The van der Waals surface area contributed by atoms with E-state index in [9.17, 15) is 8.42 Å². The standard InChI is InChI=1S/C12H21N3O3S/c1-9(18-2)6-15-19(16,17)12-5-11(14-8-12)7-13-10-3-4-10/h5,8-10,13-15H,3-4,6-7H2,1-2H3. The highest BCUT2D eigenvalue weighted by Crippen LogP contribution is 2.19. The van der Waals surface area contributed by atoms with Crippen LogP contribution in [0.1, 0.15) is 25.5 Å². The molecule has 0 amide bonds. The van der Waals surface area contributed by atoms with Gasteiger partial charge in [0.15, 0.2) is 0 Å². The summed E-state index contributed by atoms with van der Waals surface area (Å²) in [4.78, 5) is 3.25. The third-order valence-electron chi connectivity index (χ3n) is 3.15. The van der Waals surface area contributed by atoms with Gasteiger partial charge < -0.3 is 15.0 Å². The monoisotopic (exact) mass is 287 g/mol. The van der Waals surface area contributed by atoms with E-state index in [0.29, 0.717) is 12.6 Å². The molecule has 1 aliphatic rings. The minimum atomic E-state index is -3.46. The second-order valence-corrected chi connectivity index (χ2v) is 6.68. The summed E-state index contributed by atoms with van der Waals surface area (Å²) in [7, 11) is -1.90. The van der Waals surface area contributed by atoms with E-state index in [4.69, 9.17) is 4.74 Å². The van der Waals surface area contributed by atoms with Crippen molar-refractivity contribution in [2.75, 3.05) is 13.7 Å². The fraction of sp³-hybridized carbons (Fsp3) is 0.667. The highest BCUT2D eigenvalue weighted by molar-refractivity contribution is 7.89. The molecule has 1 unspecified atom stereocenters. The van der Waals surface area contributed by atoms with E-state index >= 15 is 0 Å². The number of methoxy groups -OCH3 is 1. The van der Waals surface area contributed by atoms with Gasteiger partial charge in [-0.3, -0.25) is 0 Å². The summed E-state index contributed by atoms with van der Waals surface area (Å²) in [6, 6.07) is 2.26. The number of ether oxygens (including phenoxy) is 1. The number of aromatic nitrogens is 1. The summed E-state index contributed by atoms with van der Waals surface area (Å²) >= 11 is 0. The maximum atomic E-state index is 12.0. The molecule has 3 N–H and O–H groups in total. The molecule has 2 rings (SSSR count). The molecule has 1 aliphatic carbocycles. The lowest BCUT2D eigenvalue weighted by atomic mass is 10.4. The lowest BCUT2D eigenvalue weighted by molar-refractivity contribution is 0.122. The van der Waals surface area contributed by atoms with Crippen LogP contribution in [-0.4, -0.2) is 39.2 Å². The highest BCUT2D eigenvalue weighted by Gasteiger charge is 2.21. The third-order valence-corrected chi connectivity index (χ3v) is 4.55. The van der Waals surface area contributed by atoms with Crippen LogP contribution in [0.25, 0.3) is 0 Å². The zero-order valence-electron chi connectivity index (χ0n) is 11.3. The molecule has 1 aromatic rings. The number of nitrogens with one attached hydrogen (secondary N) is 3. The smallest absolute Gasteiger partial charge is 0.242 e. The minimum Gasteiger partial charge on any atom is -0.380 e. The molecule has 0 bridgehead atoms. The number of hydrogen-bond acceptors (Lipinski definition) is 4. The molecule has 6 nitrogen and oxygen atoms in total. The van der Waals surface area contributed by atoms with Gasteiger partial charge in [0.05, 0.1) is 11.0 Å². The van der Waals surface area contributed by atoms with Crippen molar-refractivity contribution in [3.8, 4) is 0 Å². The molecular weight excluding hydrogens is 266 g/mol. The first kappa shape index (κ1) is 14.5. The largest absolute Gasteiger partial charge is 0.380 e. The molecule has 1 saturated carbocycles. The molecule has 0 saturated heterocycles. The molecule has 0 aliphatic heterocycles. The maximum Gasteiger partial charge on any atom is 0.242 e. The Morgan fingerprint density at radius 3 is 2.89 bits per heavy atom. The average molecular weight is 287 g/mol. The van der Waals surface area contributed by atoms with E-state index in [2.05, 4.69) is 15.0 Å². The van der Waals surface area contributed by atoms with Gasteiger partial charge in [0.2, 0.25) is 10.0 Å². The zero-order valence-corrected chi connectivity index (χ0v) is 12.1. The van der Waals surface area contributed by atoms with E-state index in [1.165, 1.54) is 19.0 Å². The molecule has 1 atom stereocenters. The molecular formula is C12H21N3O3S. The Bertz CT molecular complexity index is 508. The Labute approximate surface area is 114 Å². The molecule has 108 valence electrons. The van der Waals surface area contributed by atoms with Crippen LogP contribution < -0.4 is 10.0 Å². The first-order chi connectivity index (χ1) is 9.01. The molecule has 0 aromatic carbocycles. The van der Waals surface area contributed by atoms with Gasteiger partial charge in [-0.15, -0.1) is 0 Å². The Morgan fingerprint density at radius 1 is 1.53 bits per heavy atom. The average Bonchev–Trinajstić information content (AvgIpc) is 3.09. The minimum absolute atomic E-state index is 0.148. The van der Waals surface area contributed by atoms with Crippen LogP contribution in [0.3, 0.4) is 0 Å². The molecule has 0 radical (unpaired) electrons. The van der Waals surface area contributed by atoms with Gasteiger partial charge >= 0.3 is 0 Å². The number of rotatable bonds is 8. The Morgan fingerprint density at radius 2 is 2.26 bits per heavy atom. The summed E-state index contributed by atoms with van der Waals surface area (Å²) in [5.41, 5.74) is 0.882. The van der Waals surface area contributed by atoms with Gasteiger partial charge in [-0.2, -0.15) is 0 Å².